The molecule has 8 rings (SSSR count). The number of phenols is 1. The number of piperazine rings is 1. The van der Waals surface area contributed by atoms with E-state index >= 15 is 4.39 Å². The predicted octanol–water partition coefficient (Wildman–Crippen LogP) is 3.71. The second-order valence-electron chi connectivity index (χ2n) is 10.5. The lowest BCUT2D eigenvalue weighted by atomic mass is 9.91. The SMILES string of the molecule is CN1CCC[C@H]1COc1nc(N2CC3CC(C2)N3)c2cnc(-c3cc(O)cc4ccccc34)c(F)c2n1. The smallest absolute Gasteiger partial charge is 0.319 e. The molecule has 2 N–H and O–H groups in total. The van der Waals surface area contributed by atoms with Crippen LogP contribution in [0.5, 0.6) is 11.8 Å². The molecule has 4 fully saturated rings. The molecular weight excluding hydrogens is 471 g/mol. The highest BCUT2D eigenvalue weighted by molar-refractivity contribution is 5.99. The number of fused-ring (bicyclic) bond motifs is 4. The number of likely N-dealkylation sites (N-methyl/N-ethyl adjacent to an activating group) is 1. The number of rotatable bonds is 5. The molecule has 0 amide bonds. The van der Waals surface area contributed by atoms with E-state index in [1.54, 1.807) is 18.3 Å². The number of aromatic nitrogens is 3. The topological polar surface area (TPSA) is 86.6 Å². The molecule has 0 saturated carbocycles. The number of phenolic OH excluding ortho intramolecular Hbond substituents is 1. The van der Waals surface area contributed by atoms with Crippen LogP contribution in [0.1, 0.15) is 19.3 Å². The van der Waals surface area contributed by atoms with Crippen molar-refractivity contribution in [2.45, 2.75) is 37.4 Å². The second-order valence-corrected chi connectivity index (χ2v) is 10.5. The molecule has 2 aromatic heterocycles. The number of nitrogens with zero attached hydrogens (tertiary/aromatic N) is 5. The molecule has 37 heavy (non-hydrogen) atoms. The minimum absolute atomic E-state index is 0.0584. The molecule has 3 atom stereocenters. The molecule has 0 radical (unpaired) electrons. The number of piperidine rings is 1. The molecule has 4 aromatic rings. The number of likely N-dealkylation sites (tertiary alicyclic amines) is 1. The normalized spacial score (nSPS) is 23.5. The highest BCUT2D eigenvalue weighted by Crippen LogP contribution is 2.37. The fourth-order valence-electron chi connectivity index (χ4n) is 6.05. The van der Waals surface area contributed by atoms with Gasteiger partial charge in [-0.3, -0.25) is 4.98 Å². The Labute approximate surface area is 214 Å². The first kappa shape index (κ1) is 22.6. The predicted molar refractivity (Wildman–Crippen MR) is 141 cm³/mol. The molecule has 2 aromatic carbocycles. The van der Waals surface area contributed by atoms with E-state index in [1.807, 2.05) is 24.3 Å². The van der Waals surface area contributed by atoms with Crippen LogP contribution in [0.15, 0.2) is 42.6 Å². The molecular formula is C28H29FN6O2. The van der Waals surface area contributed by atoms with E-state index in [9.17, 15) is 5.11 Å². The van der Waals surface area contributed by atoms with Crippen LogP contribution in [0, 0.1) is 5.82 Å². The van der Waals surface area contributed by atoms with E-state index in [2.05, 4.69) is 32.1 Å². The van der Waals surface area contributed by atoms with Gasteiger partial charge in [-0.1, -0.05) is 24.3 Å². The van der Waals surface area contributed by atoms with Gasteiger partial charge in [0.05, 0.1) is 5.39 Å². The van der Waals surface area contributed by atoms with E-state index in [-0.39, 0.29) is 23.0 Å². The summed E-state index contributed by atoms with van der Waals surface area (Å²) in [6, 6.07) is 12.1. The Morgan fingerprint density at radius 1 is 1.14 bits per heavy atom. The minimum Gasteiger partial charge on any atom is -0.508 e. The Morgan fingerprint density at radius 2 is 1.95 bits per heavy atom. The zero-order valence-electron chi connectivity index (χ0n) is 20.7. The molecule has 4 aliphatic rings. The van der Waals surface area contributed by atoms with Crippen LogP contribution >= 0.6 is 0 Å². The quantitative estimate of drug-likeness (QED) is 0.429. The van der Waals surface area contributed by atoms with Crippen molar-refractivity contribution in [2.24, 2.45) is 0 Å². The van der Waals surface area contributed by atoms with Crippen LogP contribution in [0.3, 0.4) is 0 Å². The highest BCUT2D eigenvalue weighted by Gasteiger charge is 2.38. The molecule has 2 unspecified atom stereocenters. The summed E-state index contributed by atoms with van der Waals surface area (Å²) in [5.74, 6) is 0.179. The third-order valence-corrected chi connectivity index (χ3v) is 8.04. The summed E-state index contributed by atoms with van der Waals surface area (Å²) in [7, 11) is 2.10. The summed E-state index contributed by atoms with van der Waals surface area (Å²) in [5, 5.41) is 16.1. The van der Waals surface area contributed by atoms with Crippen molar-refractivity contribution in [3.8, 4) is 23.0 Å². The van der Waals surface area contributed by atoms with E-state index in [0.29, 0.717) is 41.5 Å². The van der Waals surface area contributed by atoms with Gasteiger partial charge in [-0.2, -0.15) is 9.97 Å². The van der Waals surface area contributed by atoms with Gasteiger partial charge in [0.25, 0.3) is 0 Å². The first-order chi connectivity index (χ1) is 18.0. The average Bonchev–Trinajstić information content (AvgIpc) is 3.31. The van der Waals surface area contributed by atoms with Crippen LogP contribution in [0.25, 0.3) is 32.9 Å². The maximum absolute atomic E-state index is 16.3. The van der Waals surface area contributed by atoms with Gasteiger partial charge in [0.2, 0.25) is 0 Å². The van der Waals surface area contributed by atoms with E-state index < -0.39 is 5.82 Å². The van der Waals surface area contributed by atoms with Crippen molar-refractivity contribution in [1.82, 2.24) is 25.2 Å². The summed E-state index contributed by atoms with van der Waals surface area (Å²) < 4.78 is 22.4. The Morgan fingerprint density at radius 3 is 2.73 bits per heavy atom. The molecule has 190 valence electrons. The number of ether oxygens (including phenoxy) is 1. The first-order valence-corrected chi connectivity index (χ1v) is 13.0. The van der Waals surface area contributed by atoms with Crippen LogP contribution < -0.4 is 15.0 Å². The van der Waals surface area contributed by atoms with Gasteiger partial charge in [0.15, 0.2) is 5.82 Å². The molecule has 8 nitrogen and oxygen atoms in total. The van der Waals surface area contributed by atoms with E-state index in [1.165, 1.54) is 0 Å². The van der Waals surface area contributed by atoms with Gasteiger partial charge in [-0.25, -0.2) is 4.39 Å². The van der Waals surface area contributed by atoms with Crippen molar-refractivity contribution in [2.75, 3.05) is 38.2 Å². The number of anilines is 1. The third kappa shape index (κ3) is 3.93. The standard InChI is InChI=1S/C28H29FN6O2/c1-34-8-4-6-19(34)15-37-28-32-26-23(27(33-28)35-13-17-10-18(14-35)31-17)12-30-25(24(26)29)22-11-20(36)9-16-5-2-3-7-21(16)22/h2-3,5,7,9,11-12,17-19,31,36H,4,6,8,10,13-15H2,1H3/t17?,18?,19-/m0/s1. The maximum atomic E-state index is 16.3. The molecule has 0 spiro atoms. The lowest BCUT2D eigenvalue weighted by Gasteiger charge is -2.48. The van der Waals surface area contributed by atoms with Gasteiger partial charge < -0.3 is 25.0 Å². The third-order valence-electron chi connectivity index (χ3n) is 8.04. The highest BCUT2D eigenvalue weighted by atomic mass is 19.1. The summed E-state index contributed by atoms with van der Waals surface area (Å²) in [5.41, 5.74) is 0.854. The van der Waals surface area contributed by atoms with Gasteiger partial charge in [0.1, 0.15) is 29.4 Å². The van der Waals surface area contributed by atoms with Crippen LogP contribution in [0.4, 0.5) is 10.2 Å². The monoisotopic (exact) mass is 500 g/mol. The van der Waals surface area contributed by atoms with Crippen LogP contribution in [0.2, 0.25) is 0 Å². The maximum Gasteiger partial charge on any atom is 0.319 e. The number of hydrogen-bond donors (Lipinski definition) is 2. The lowest BCUT2D eigenvalue weighted by Crippen LogP contribution is -2.67. The zero-order valence-corrected chi connectivity index (χ0v) is 20.7. The van der Waals surface area contributed by atoms with Crippen LogP contribution in [-0.2, 0) is 0 Å². The zero-order chi connectivity index (χ0) is 25.1. The number of hydrogen-bond acceptors (Lipinski definition) is 8. The fraction of sp³-hybridized carbons (Fsp3) is 0.393. The summed E-state index contributed by atoms with van der Waals surface area (Å²) >= 11 is 0. The number of pyridine rings is 1. The molecule has 9 heteroatoms. The summed E-state index contributed by atoms with van der Waals surface area (Å²) in [4.78, 5) is 18.4. The van der Waals surface area contributed by atoms with Gasteiger partial charge in [-0.05, 0) is 55.8 Å². The Balaban J connectivity index is 1.35. The van der Waals surface area contributed by atoms with Crippen molar-refractivity contribution in [1.29, 1.82) is 0 Å². The van der Waals surface area contributed by atoms with E-state index in [0.717, 1.165) is 49.7 Å². The summed E-state index contributed by atoms with van der Waals surface area (Å²) in [6.45, 7) is 3.11. The van der Waals surface area contributed by atoms with Gasteiger partial charge >= 0.3 is 6.01 Å². The molecule has 6 heterocycles. The number of benzene rings is 2. The van der Waals surface area contributed by atoms with Gasteiger partial charge in [0, 0.05) is 43.0 Å². The van der Waals surface area contributed by atoms with Crippen molar-refractivity contribution >= 4 is 27.5 Å². The molecule has 4 saturated heterocycles. The molecule has 0 aliphatic carbocycles. The van der Waals surface area contributed by atoms with Crippen molar-refractivity contribution in [3.63, 3.8) is 0 Å². The Bertz CT molecular complexity index is 1500. The number of halogens is 1. The fourth-order valence-corrected chi connectivity index (χ4v) is 6.05. The number of nitrogens with one attached hydrogen (secondary N) is 1. The Hall–Kier alpha value is -3.56. The van der Waals surface area contributed by atoms with Crippen molar-refractivity contribution in [3.05, 3.63) is 48.4 Å². The largest absolute Gasteiger partial charge is 0.508 e. The summed E-state index contributed by atoms with van der Waals surface area (Å²) in [6.07, 6.45) is 5.01. The second kappa shape index (κ2) is 8.78. The number of aromatic hydroxyl groups is 1. The van der Waals surface area contributed by atoms with Gasteiger partial charge in [-0.15, -0.1) is 0 Å². The average molecular weight is 501 g/mol. The first-order valence-electron chi connectivity index (χ1n) is 13.0. The lowest BCUT2D eigenvalue weighted by molar-refractivity contribution is 0.187. The molecule has 2 bridgehead atoms. The van der Waals surface area contributed by atoms with Crippen LogP contribution in [-0.4, -0.2) is 76.4 Å². The van der Waals surface area contributed by atoms with E-state index in [4.69, 9.17) is 9.72 Å². The minimum atomic E-state index is -0.542. The Kier molecular flexibility index (Phi) is 5.37. The van der Waals surface area contributed by atoms with Crippen molar-refractivity contribution < 1.29 is 14.2 Å². The molecule has 4 aliphatic heterocycles.